The SMILES string of the molecule is O=C(COC(=O)c1sc2ccccc2c1Cl)NCc1ccc2c(c1)OCO2. The molecule has 6 nitrogen and oxygen atoms in total. The van der Waals surface area contributed by atoms with E-state index < -0.39 is 11.9 Å². The smallest absolute Gasteiger partial charge is 0.350 e. The maximum Gasteiger partial charge on any atom is 0.350 e. The second kappa shape index (κ2) is 7.46. The largest absolute Gasteiger partial charge is 0.454 e. The molecule has 0 saturated heterocycles. The number of fused-ring (bicyclic) bond motifs is 2. The Bertz CT molecular complexity index is 1030. The van der Waals surface area contributed by atoms with E-state index in [-0.39, 0.29) is 19.9 Å². The third-order valence-electron chi connectivity index (χ3n) is 3.98. The second-order valence-electron chi connectivity index (χ2n) is 5.78. The quantitative estimate of drug-likeness (QED) is 0.656. The van der Waals surface area contributed by atoms with E-state index in [1.54, 1.807) is 12.1 Å². The Hall–Kier alpha value is -2.77. The van der Waals surface area contributed by atoms with Gasteiger partial charge in [-0.3, -0.25) is 4.79 Å². The van der Waals surface area contributed by atoms with Gasteiger partial charge in [0.1, 0.15) is 4.88 Å². The van der Waals surface area contributed by atoms with Crippen LogP contribution in [0.3, 0.4) is 0 Å². The van der Waals surface area contributed by atoms with Crippen LogP contribution in [0.2, 0.25) is 5.02 Å². The molecule has 8 heteroatoms. The molecule has 0 atom stereocenters. The third kappa shape index (κ3) is 3.70. The van der Waals surface area contributed by atoms with Crippen molar-refractivity contribution in [1.82, 2.24) is 5.32 Å². The summed E-state index contributed by atoms with van der Waals surface area (Å²) < 4.78 is 16.5. The van der Waals surface area contributed by atoms with Crippen molar-refractivity contribution in [3.63, 3.8) is 0 Å². The van der Waals surface area contributed by atoms with Crippen molar-refractivity contribution < 1.29 is 23.8 Å². The summed E-state index contributed by atoms with van der Waals surface area (Å²) in [6.07, 6.45) is 0. The Kier molecular flexibility index (Phi) is 4.87. The molecule has 1 N–H and O–H groups in total. The molecular weight excluding hydrogens is 390 g/mol. The molecule has 1 aliphatic rings. The molecule has 2 heterocycles. The summed E-state index contributed by atoms with van der Waals surface area (Å²) in [7, 11) is 0. The summed E-state index contributed by atoms with van der Waals surface area (Å²) in [5.74, 6) is 0.310. The lowest BCUT2D eigenvalue weighted by Crippen LogP contribution is -2.28. The highest BCUT2D eigenvalue weighted by Crippen LogP contribution is 2.35. The Balaban J connectivity index is 1.32. The molecule has 0 bridgehead atoms. The van der Waals surface area contributed by atoms with Crippen LogP contribution in [0, 0.1) is 0 Å². The number of hydrogen-bond donors (Lipinski definition) is 1. The summed E-state index contributed by atoms with van der Waals surface area (Å²) in [6, 6.07) is 12.8. The molecule has 3 aromatic rings. The first-order chi connectivity index (χ1) is 13.1. The summed E-state index contributed by atoms with van der Waals surface area (Å²) >= 11 is 7.48. The van der Waals surface area contributed by atoms with Crippen molar-refractivity contribution in [3.05, 3.63) is 57.9 Å². The fraction of sp³-hybridized carbons (Fsp3) is 0.158. The van der Waals surface area contributed by atoms with E-state index >= 15 is 0 Å². The zero-order valence-corrected chi connectivity index (χ0v) is 15.6. The van der Waals surface area contributed by atoms with Crippen molar-refractivity contribution in [2.45, 2.75) is 6.54 Å². The molecule has 2 aromatic carbocycles. The topological polar surface area (TPSA) is 73.9 Å². The molecular formula is C19H14ClNO5S. The van der Waals surface area contributed by atoms with Gasteiger partial charge in [0.05, 0.1) is 5.02 Å². The number of nitrogens with one attached hydrogen (secondary N) is 1. The van der Waals surface area contributed by atoms with Crippen molar-refractivity contribution in [2.24, 2.45) is 0 Å². The molecule has 1 aliphatic heterocycles. The van der Waals surface area contributed by atoms with E-state index in [0.29, 0.717) is 21.4 Å². The Morgan fingerprint density at radius 3 is 2.81 bits per heavy atom. The summed E-state index contributed by atoms with van der Waals surface area (Å²) in [5.41, 5.74) is 0.853. The van der Waals surface area contributed by atoms with Crippen LogP contribution in [-0.4, -0.2) is 25.3 Å². The fourth-order valence-corrected chi connectivity index (χ4v) is 4.05. The standard InChI is InChI=1S/C19H14ClNO5S/c20-17-12-3-1-2-4-15(12)27-18(17)19(23)24-9-16(22)21-8-11-5-6-13-14(7-11)26-10-25-13/h1-7H,8-10H2,(H,21,22). The molecule has 0 fully saturated rings. The number of thiophene rings is 1. The maximum absolute atomic E-state index is 12.2. The van der Waals surface area contributed by atoms with Crippen LogP contribution in [0.15, 0.2) is 42.5 Å². The minimum atomic E-state index is -0.612. The first kappa shape index (κ1) is 17.6. The number of carbonyl (C=O) groups is 2. The predicted molar refractivity (Wildman–Crippen MR) is 102 cm³/mol. The van der Waals surface area contributed by atoms with Crippen LogP contribution in [0.1, 0.15) is 15.2 Å². The van der Waals surface area contributed by atoms with Gasteiger partial charge in [-0.25, -0.2) is 4.79 Å². The van der Waals surface area contributed by atoms with Gasteiger partial charge >= 0.3 is 5.97 Å². The molecule has 1 amide bonds. The lowest BCUT2D eigenvalue weighted by Gasteiger charge is -2.07. The van der Waals surface area contributed by atoms with Gasteiger partial charge in [0.2, 0.25) is 6.79 Å². The summed E-state index contributed by atoms with van der Waals surface area (Å²) in [5, 5.41) is 3.84. The lowest BCUT2D eigenvalue weighted by molar-refractivity contribution is -0.124. The van der Waals surface area contributed by atoms with E-state index in [2.05, 4.69) is 5.32 Å². The minimum absolute atomic E-state index is 0.196. The molecule has 0 spiro atoms. The average Bonchev–Trinajstić information content (AvgIpc) is 3.29. The molecule has 0 aliphatic carbocycles. The van der Waals surface area contributed by atoms with Crippen LogP contribution in [0.25, 0.3) is 10.1 Å². The highest BCUT2D eigenvalue weighted by atomic mass is 35.5. The highest BCUT2D eigenvalue weighted by molar-refractivity contribution is 7.21. The fourth-order valence-electron chi connectivity index (χ4n) is 2.64. The van der Waals surface area contributed by atoms with Crippen molar-refractivity contribution in [3.8, 4) is 11.5 Å². The molecule has 1 aromatic heterocycles. The van der Waals surface area contributed by atoms with Crippen LogP contribution in [0.5, 0.6) is 11.5 Å². The molecule has 138 valence electrons. The molecule has 27 heavy (non-hydrogen) atoms. The Labute approximate surface area is 163 Å². The van der Waals surface area contributed by atoms with Crippen LogP contribution in [0.4, 0.5) is 0 Å². The highest BCUT2D eigenvalue weighted by Gasteiger charge is 2.19. The molecule has 4 rings (SSSR count). The number of esters is 1. The third-order valence-corrected chi connectivity index (χ3v) is 5.64. The van der Waals surface area contributed by atoms with Crippen molar-refractivity contribution >= 4 is 44.9 Å². The zero-order chi connectivity index (χ0) is 18.8. The van der Waals surface area contributed by atoms with Crippen LogP contribution in [-0.2, 0) is 16.1 Å². The van der Waals surface area contributed by atoms with E-state index in [1.165, 1.54) is 11.3 Å². The van der Waals surface area contributed by atoms with Crippen molar-refractivity contribution in [2.75, 3.05) is 13.4 Å². The van der Waals surface area contributed by atoms with Gasteiger partial charge in [0, 0.05) is 16.6 Å². The monoisotopic (exact) mass is 403 g/mol. The maximum atomic E-state index is 12.2. The minimum Gasteiger partial charge on any atom is -0.454 e. The Morgan fingerprint density at radius 2 is 1.96 bits per heavy atom. The number of rotatable bonds is 5. The van der Waals surface area contributed by atoms with Gasteiger partial charge < -0.3 is 19.5 Å². The van der Waals surface area contributed by atoms with E-state index in [9.17, 15) is 9.59 Å². The van der Waals surface area contributed by atoms with Crippen LogP contribution < -0.4 is 14.8 Å². The van der Waals surface area contributed by atoms with Gasteiger partial charge in [-0.2, -0.15) is 0 Å². The number of carbonyl (C=O) groups excluding carboxylic acids is 2. The van der Waals surface area contributed by atoms with Gasteiger partial charge in [0.15, 0.2) is 18.1 Å². The number of benzene rings is 2. The van der Waals surface area contributed by atoms with E-state index in [0.717, 1.165) is 15.6 Å². The number of hydrogen-bond acceptors (Lipinski definition) is 6. The second-order valence-corrected chi connectivity index (χ2v) is 7.21. The van der Waals surface area contributed by atoms with Gasteiger partial charge in [-0.1, -0.05) is 35.9 Å². The number of halogens is 1. The van der Waals surface area contributed by atoms with Crippen LogP contribution >= 0.6 is 22.9 Å². The zero-order valence-electron chi connectivity index (χ0n) is 14.0. The Morgan fingerprint density at radius 1 is 1.15 bits per heavy atom. The summed E-state index contributed by atoms with van der Waals surface area (Å²) in [4.78, 5) is 24.5. The first-order valence-electron chi connectivity index (χ1n) is 8.11. The van der Waals surface area contributed by atoms with E-state index in [4.69, 9.17) is 25.8 Å². The molecule has 0 saturated carbocycles. The van der Waals surface area contributed by atoms with Gasteiger partial charge in [-0.15, -0.1) is 11.3 Å². The first-order valence-corrected chi connectivity index (χ1v) is 9.30. The number of ether oxygens (including phenoxy) is 3. The van der Waals surface area contributed by atoms with E-state index in [1.807, 2.05) is 30.3 Å². The normalized spacial score (nSPS) is 12.2. The predicted octanol–water partition coefficient (Wildman–Crippen LogP) is 3.76. The average molecular weight is 404 g/mol. The lowest BCUT2D eigenvalue weighted by atomic mass is 10.2. The molecule has 0 radical (unpaired) electrons. The molecule has 0 unspecified atom stereocenters. The van der Waals surface area contributed by atoms with Gasteiger partial charge in [0.25, 0.3) is 5.91 Å². The number of amides is 1. The van der Waals surface area contributed by atoms with Crippen molar-refractivity contribution in [1.29, 1.82) is 0 Å². The van der Waals surface area contributed by atoms with Gasteiger partial charge in [-0.05, 0) is 23.8 Å². The summed E-state index contributed by atoms with van der Waals surface area (Å²) in [6.45, 7) is 0.103.